The summed E-state index contributed by atoms with van der Waals surface area (Å²) in [6, 6.07) is 14.8. The van der Waals surface area contributed by atoms with Crippen LogP contribution in [-0.4, -0.2) is 42.9 Å². The van der Waals surface area contributed by atoms with E-state index in [1.165, 1.54) is 6.08 Å². The maximum absolute atomic E-state index is 12.7. The van der Waals surface area contributed by atoms with Crippen molar-refractivity contribution in [2.75, 3.05) is 36.4 Å². The molecule has 2 heterocycles. The molecular formula is C28H29Cl2N3O3. The number of hydrogen-bond donors (Lipinski definition) is 1. The van der Waals surface area contributed by atoms with Gasteiger partial charge in [0.05, 0.1) is 16.4 Å². The average Bonchev–Trinajstić information content (AvgIpc) is 3.33. The van der Waals surface area contributed by atoms with Gasteiger partial charge in [-0.25, -0.2) is 0 Å². The number of carbonyl (C=O) groups is 2. The van der Waals surface area contributed by atoms with Gasteiger partial charge in [-0.15, -0.1) is 0 Å². The van der Waals surface area contributed by atoms with Crippen molar-refractivity contribution in [2.24, 2.45) is 5.92 Å². The molecular weight excluding hydrogens is 497 g/mol. The van der Waals surface area contributed by atoms with Gasteiger partial charge in [0.2, 0.25) is 11.8 Å². The number of aryl methyl sites for hydroxylation is 1. The van der Waals surface area contributed by atoms with Crippen LogP contribution in [0.3, 0.4) is 0 Å². The highest BCUT2D eigenvalue weighted by Crippen LogP contribution is 2.35. The van der Waals surface area contributed by atoms with Gasteiger partial charge in [-0.05, 0) is 48.9 Å². The van der Waals surface area contributed by atoms with Crippen molar-refractivity contribution in [3.05, 3.63) is 76.0 Å². The predicted molar refractivity (Wildman–Crippen MR) is 147 cm³/mol. The molecule has 0 saturated carbocycles. The lowest BCUT2D eigenvalue weighted by atomic mass is 10.1. The Morgan fingerprint density at radius 2 is 1.75 bits per heavy atom. The Balaban J connectivity index is 1.43. The number of nitrogens with zero attached hydrogens (tertiary/aromatic N) is 2. The van der Waals surface area contributed by atoms with Crippen LogP contribution in [0.5, 0.6) is 0 Å². The minimum absolute atomic E-state index is 0.0292. The molecule has 36 heavy (non-hydrogen) atoms. The fourth-order valence-electron chi connectivity index (χ4n) is 4.13. The minimum atomic E-state index is -0.302. The average molecular weight is 526 g/mol. The number of furan rings is 1. The summed E-state index contributed by atoms with van der Waals surface area (Å²) in [4.78, 5) is 29.0. The first-order valence-electron chi connectivity index (χ1n) is 11.9. The molecule has 1 N–H and O–H groups in total. The Hall–Kier alpha value is -3.22. The Kier molecular flexibility index (Phi) is 8.07. The molecule has 0 bridgehead atoms. The molecule has 0 radical (unpaired) electrons. The highest BCUT2D eigenvalue weighted by Gasteiger charge is 2.25. The van der Waals surface area contributed by atoms with E-state index in [-0.39, 0.29) is 17.7 Å². The zero-order valence-electron chi connectivity index (χ0n) is 20.6. The number of benzene rings is 2. The van der Waals surface area contributed by atoms with Gasteiger partial charge in [0, 0.05) is 48.8 Å². The first-order valence-corrected chi connectivity index (χ1v) is 12.7. The number of amides is 2. The maximum Gasteiger partial charge on any atom is 0.248 e. The molecule has 1 saturated heterocycles. The Morgan fingerprint density at radius 3 is 2.44 bits per heavy atom. The van der Waals surface area contributed by atoms with Crippen LogP contribution in [0.15, 0.2) is 59.0 Å². The summed E-state index contributed by atoms with van der Waals surface area (Å²) in [5.74, 6) is 1.04. The van der Waals surface area contributed by atoms with E-state index in [4.69, 9.17) is 27.6 Å². The number of para-hydroxylation sites is 1. The lowest BCUT2D eigenvalue weighted by Crippen LogP contribution is -2.50. The van der Waals surface area contributed by atoms with E-state index in [0.717, 1.165) is 16.8 Å². The van der Waals surface area contributed by atoms with E-state index in [0.29, 0.717) is 53.4 Å². The second-order valence-electron chi connectivity index (χ2n) is 9.09. The van der Waals surface area contributed by atoms with Gasteiger partial charge in [-0.1, -0.05) is 55.2 Å². The SMILES string of the molecule is Cc1ccc(-c2ccc(/C=C/C(=O)Nc3cccc(Cl)c3N3CCN(C(=O)C(C)C)CC3)o2)cc1Cl. The van der Waals surface area contributed by atoms with Gasteiger partial charge in [-0.3, -0.25) is 9.59 Å². The third kappa shape index (κ3) is 5.94. The second kappa shape index (κ2) is 11.2. The van der Waals surface area contributed by atoms with Crippen LogP contribution in [0.1, 0.15) is 25.2 Å². The van der Waals surface area contributed by atoms with Crippen LogP contribution in [0, 0.1) is 12.8 Å². The summed E-state index contributed by atoms with van der Waals surface area (Å²) < 4.78 is 5.86. The van der Waals surface area contributed by atoms with Gasteiger partial charge in [0.15, 0.2) is 0 Å². The number of anilines is 2. The number of rotatable bonds is 6. The zero-order valence-corrected chi connectivity index (χ0v) is 22.1. The van der Waals surface area contributed by atoms with Crippen molar-refractivity contribution in [3.8, 4) is 11.3 Å². The normalized spacial score (nSPS) is 14.1. The van der Waals surface area contributed by atoms with E-state index >= 15 is 0 Å². The fraction of sp³-hybridized carbons (Fsp3) is 0.286. The van der Waals surface area contributed by atoms with Crippen LogP contribution in [-0.2, 0) is 9.59 Å². The molecule has 1 aliphatic rings. The van der Waals surface area contributed by atoms with E-state index in [2.05, 4.69) is 10.2 Å². The first kappa shape index (κ1) is 25.9. The largest absolute Gasteiger partial charge is 0.457 e. The predicted octanol–water partition coefficient (Wildman–Crippen LogP) is 6.52. The third-order valence-electron chi connectivity index (χ3n) is 6.13. The molecule has 2 amide bonds. The van der Waals surface area contributed by atoms with Crippen LogP contribution >= 0.6 is 23.2 Å². The second-order valence-corrected chi connectivity index (χ2v) is 9.91. The Labute approximate surface area is 221 Å². The van der Waals surface area contributed by atoms with Crippen molar-refractivity contribution in [3.63, 3.8) is 0 Å². The third-order valence-corrected chi connectivity index (χ3v) is 6.84. The summed E-state index contributed by atoms with van der Waals surface area (Å²) in [6.45, 7) is 8.26. The summed E-state index contributed by atoms with van der Waals surface area (Å²) in [5, 5.41) is 4.15. The molecule has 0 unspecified atom stereocenters. The van der Waals surface area contributed by atoms with Gasteiger partial charge in [-0.2, -0.15) is 0 Å². The van der Waals surface area contributed by atoms with Crippen molar-refractivity contribution in [1.82, 2.24) is 4.90 Å². The number of hydrogen-bond acceptors (Lipinski definition) is 4. The van der Waals surface area contributed by atoms with Gasteiger partial charge in [0.25, 0.3) is 0 Å². The molecule has 6 nitrogen and oxygen atoms in total. The molecule has 188 valence electrons. The molecule has 1 fully saturated rings. The molecule has 2 aromatic carbocycles. The number of carbonyl (C=O) groups excluding carboxylic acids is 2. The molecule has 1 aliphatic heterocycles. The lowest BCUT2D eigenvalue weighted by Gasteiger charge is -2.38. The maximum atomic E-state index is 12.7. The van der Waals surface area contributed by atoms with Crippen LogP contribution in [0.25, 0.3) is 17.4 Å². The monoisotopic (exact) mass is 525 g/mol. The summed E-state index contributed by atoms with van der Waals surface area (Å²) in [7, 11) is 0. The molecule has 3 aromatic rings. The summed E-state index contributed by atoms with van der Waals surface area (Å²) in [6.07, 6.45) is 3.05. The van der Waals surface area contributed by atoms with Gasteiger partial charge >= 0.3 is 0 Å². The number of nitrogens with one attached hydrogen (secondary N) is 1. The number of halogens is 2. The molecule has 0 aliphatic carbocycles. The molecule has 0 spiro atoms. The lowest BCUT2D eigenvalue weighted by molar-refractivity contribution is -0.134. The minimum Gasteiger partial charge on any atom is -0.457 e. The van der Waals surface area contributed by atoms with Crippen molar-refractivity contribution >= 4 is 52.5 Å². The first-order chi connectivity index (χ1) is 17.2. The summed E-state index contributed by atoms with van der Waals surface area (Å²) in [5.41, 5.74) is 3.24. The topological polar surface area (TPSA) is 65.8 Å². The van der Waals surface area contributed by atoms with E-state index in [1.807, 2.05) is 56.0 Å². The van der Waals surface area contributed by atoms with E-state index in [9.17, 15) is 9.59 Å². The van der Waals surface area contributed by atoms with Crippen molar-refractivity contribution in [2.45, 2.75) is 20.8 Å². The van der Waals surface area contributed by atoms with E-state index in [1.54, 1.807) is 24.3 Å². The van der Waals surface area contributed by atoms with Crippen LogP contribution in [0.2, 0.25) is 10.0 Å². The molecule has 4 rings (SSSR count). The Morgan fingerprint density at radius 1 is 1.00 bits per heavy atom. The van der Waals surface area contributed by atoms with Gasteiger partial charge in [0.1, 0.15) is 11.5 Å². The van der Waals surface area contributed by atoms with Gasteiger partial charge < -0.3 is 19.5 Å². The highest BCUT2D eigenvalue weighted by atomic mass is 35.5. The van der Waals surface area contributed by atoms with Crippen LogP contribution < -0.4 is 10.2 Å². The fourth-order valence-corrected chi connectivity index (χ4v) is 4.60. The Bertz CT molecular complexity index is 1290. The smallest absolute Gasteiger partial charge is 0.248 e. The van der Waals surface area contributed by atoms with Crippen molar-refractivity contribution in [1.29, 1.82) is 0 Å². The quantitative estimate of drug-likeness (QED) is 0.372. The highest BCUT2D eigenvalue weighted by molar-refractivity contribution is 6.34. The van der Waals surface area contributed by atoms with Crippen molar-refractivity contribution < 1.29 is 14.0 Å². The molecule has 0 atom stereocenters. The zero-order chi connectivity index (χ0) is 25.8. The molecule has 8 heteroatoms. The summed E-state index contributed by atoms with van der Waals surface area (Å²) >= 11 is 12.8. The number of piperazine rings is 1. The van der Waals surface area contributed by atoms with E-state index < -0.39 is 0 Å². The molecule has 1 aromatic heterocycles. The standard InChI is InChI=1S/C28H29Cl2N3O3/c1-18(2)28(35)33-15-13-32(14-16-33)27-22(29)5-4-6-24(27)31-26(34)12-10-21-9-11-25(36-21)20-8-7-19(3)23(30)17-20/h4-12,17-18H,13-16H2,1-3H3,(H,31,34)/b12-10+. The van der Waals surface area contributed by atoms with Crippen LogP contribution in [0.4, 0.5) is 11.4 Å².